The van der Waals surface area contributed by atoms with Crippen molar-refractivity contribution >= 4 is 129 Å². The third kappa shape index (κ3) is 27.9. The summed E-state index contributed by atoms with van der Waals surface area (Å²) in [5.74, 6) is -25.7. The Kier molecular flexibility index (Phi) is 32.6. The molecule has 16 amide bonds. The number of aliphatic carboxylic acids is 4. The van der Waals surface area contributed by atoms with Gasteiger partial charge in [-0.25, -0.2) is 0 Å². The van der Waals surface area contributed by atoms with E-state index in [9.17, 15) is 121 Å². The number of likely N-dealkylation sites (tertiary alicyclic amines) is 1. The summed E-state index contributed by atoms with van der Waals surface area (Å²) in [5, 5.41) is 72.6. The van der Waals surface area contributed by atoms with Crippen LogP contribution in [-0.2, 0) is 102 Å². The Morgan fingerprint density at radius 1 is 0.465 bits per heavy atom. The molecule has 0 saturated carbocycles. The number of fused-ring (bicyclic) bond motifs is 1. The van der Waals surface area contributed by atoms with E-state index < -0.39 is 268 Å². The molecule has 3 rings (SSSR count). The molecule has 1 fully saturated rings. The van der Waals surface area contributed by atoms with Crippen LogP contribution in [0.3, 0.4) is 0 Å². The number of aliphatic hydroxyl groups is 1. The number of amides is 16. The van der Waals surface area contributed by atoms with Crippen LogP contribution in [0.4, 0.5) is 0 Å². The fourth-order valence-corrected chi connectivity index (χ4v) is 10.1. The minimum Gasteiger partial charge on any atom is -0.481 e. The van der Waals surface area contributed by atoms with E-state index in [0.29, 0.717) is 22.9 Å². The molecule has 42 nitrogen and oxygen atoms in total. The van der Waals surface area contributed by atoms with Gasteiger partial charge < -0.3 is 117 Å². The van der Waals surface area contributed by atoms with Crippen LogP contribution in [0.25, 0.3) is 10.9 Å². The van der Waals surface area contributed by atoms with Crippen LogP contribution in [0.15, 0.2) is 30.5 Å². The molecule has 0 unspecified atom stereocenters. The summed E-state index contributed by atoms with van der Waals surface area (Å²) >= 11 is 0. The molecule has 25 N–H and O–H groups in total. The summed E-state index contributed by atoms with van der Waals surface area (Å²) in [6.45, 7) is 4.12. The van der Waals surface area contributed by atoms with Crippen LogP contribution < -0.4 is 81.4 Å². The highest BCUT2D eigenvalue weighted by Crippen LogP contribution is 2.21. The Balaban J connectivity index is 1.92. The smallest absolute Gasteiger partial charge is 0.305 e. The molecular formula is C59H83N17O25. The van der Waals surface area contributed by atoms with Gasteiger partial charge in [0.25, 0.3) is 0 Å². The first-order chi connectivity index (χ1) is 47.2. The number of benzene rings is 1. The highest BCUT2D eigenvalue weighted by molar-refractivity contribution is 6.02. The number of H-pyrrole nitrogens is 1. The number of carbonyl (C=O) groups excluding carboxylic acids is 16. The second-order valence-electron chi connectivity index (χ2n) is 23.4. The highest BCUT2D eigenvalue weighted by Gasteiger charge is 2.40. The Morgan fingerprint density at radius 2 is 0.832 bits per heavy atom. The van der Waals surface area contributed by atoms with Crippen LogP contribution in [-0.4, -0.2) is 239 Å². The first-order valence-electron chi connectivity index (χ1n) is 31.1. The molecule has 1 aliphatic heterocycles. The number of carboxylic acid groups (broad SMARTS) is 4. The SMILES string of the molecule is CC(=O)N[C@H](C(=O)N[C@@H](CC(N)=O)C(=O)N[C@@H](CCC(=O)O)C(=O)N[C@@H](C)C(=O)N[C@@H](CCC(=O)O)C(=O)N[C@@H](CC(N)=O)C(=O)N[C@@H](Cc1c[nH]c2ccccc12)C(=O)N[C@@H](C)C(=O)N[C@@H](CC(=O)O)C(=O)N[C@@H](CC(N)=O)C(=O)N[C@@H](CCC(=O)O)C(=O)N1CCC[C@H]1C(N)=O)[C@@H](C)O. The minimum absolute atomic E-state index is 0.0186. The van der Waals surface area contributed by atoms with Crippen molar-refractivity contribution in [3.05, 3.63) is 36.0 Å². The summed E-state index contributed by atoms with van der Waals surface area (Å²) in [6.07, 6.45) is -8.90. The second kappa shape index (κ2) is 39.5. The van der Waals surface area contributed by atoms with Gasteiger partial charge in [-0.05, 0) is 64.5 Å². The predicted octanol–water partition coefficient (Wildman–Crippen LogP) is -9.34. The first-order valence-corrected chi connectivity index (χ1v) is 31.1. The Morgan fingerprint density at radius 3 is 1.26 bits per heavy atom. The van der Waals surface area contributed by atoms with Gasteiger partial charge in [0.1, 0.15) is 72.5 Å². The number of primary amides is 4. The van der Waals surface area contributed by atoms with E-state index >= 15 is 0 Å². The van der Waals surface area contributed by atoms with Gasteiger partial charge in [-0.3, -0.25) is 95.9 Å². The van der Waals surface area contributed by atoms with E-state index in [0.717, 1.165) is 32.6 Å². The molecule has 1 aromatic carbocycles. The summed E-state index contributed by atoms with van der Waals surface area (Å²) in [6, 6.07) is -15.4. The van der Waals surface area contributed by atoms with Crippen molar-refractivity contribution in [2.75, 3.05) is 6.54 Å². The molecule has 42 heteroatoms. The summed E-state index contributed by atoms with van der Waals surface area (Å²) in [4.78, 5) is 264. The third-order valence-electron chi connectivity index (χ3n) is 15.2. The third-order valence-corrected chi connectivity index (χ3v) is 15.2. The first kappa shape index (κ1) is 83.3. The molecule has 554 valence electrons. The number of aromatic amines is 1. The zero-order valence-electron chi connectivity index (χ0n) is 54.9. The average Bonchev–Trinajstić information content (AvgIpc) is 1.71. The molecule has 1 saturated heterocycles. The van der Waals surface area contributed by atoms with Crippen molar-refractivity contribution < 1.29 is 121 Å². The number of carbonyl (C=O) groups is 20. The molecule has 13 atom stereocenters. The number of rotatable bonds is 43. The quantitative estimate of drug-likeness (QED) is 0.0293. The van der Waals surface area contributed by atoms with Gasteiger partial charge in [0.15, 0.2) is 0 Å². The monoisotopic (exact) mass is 1430 g/mol. The lowest BCUT2D eigenvalue weighted by molar-refractivity contribution is -0.143. The second-order valence-corrected chi connectivity index (χ2v) is 23.4. The van der Waals surface area contributed by atoms with Gasteiger partial charge in [0.05, 0.1) is 31.8 Å². The fourth-order valence-electron chi connectivity index (χ4n) is 10.1. The topological polar surface area (TPSA) is 698 Å². The van der Waals surface area contributed by atoms with E-state index in [-0.39, 0.29) is 13.0 Å². The van der Waals surface area contributed by atoms with E-state index in [1.54, 1.807) is 24.3 Å². The molecule has 2 heterocycles. The van der Waals surface area contributed by atoms with Gasteiger partial charge in [0.2, 0.25) is 94.5 Å². The number of hydrogen-bond donors (Lipinski definition) is 21. The number of nitrogens with two attached hydrogens (primary N) is 4. The van der Waals surface area contributed by atoms with Crippen LogP contribution in [0.2, 0.25) is 0 Å². The lowest BCUT2D eigenvalue weighted by Gasteiger charge is -2.29. The zero-order chi connectivity index (χ0) is 76.3. The average molecular weight is 1430 g/mol. The maximum Gasteiger partial charge on any atom is 0.305 e. The molecule has 0 spiro atoms. The fraction of sp³-hybridized carbons (Fsp3) is 0.525. The molecule has 1 aromatic heterocycles. The number of nitrogens with one attached hydrogen (secondary N) is 12. The van der Waals surface area contributed by atoms with Crippen LogP contribution in [0, 0.1) is 0 Å². The molecule has 0 radical (unpaired) electrons. The van der Waals surface area contributed by atoms with Gasteiger partial charge in [-0.15, -0.1) is 0 Å². The van der Waals surface area contributed by atoms with Crippen LogP contribution in [0.5, 0.6) is 0 Å². The summed E-state index contributed by atoms with van der Waals surface area (Å²) in [5.41, 5.74) is 22.4. The Bertz CT molecular complexity index is 3510. The standard InChI is InChI=1S/C59H83N17O25/c1-24(65-51(93)31(11-14-43(82)83)69-54(96)37(21-42(62)81)75-58(100)47(26(3)77)67-27(4)78)49(91)68-32(12-15-44(84)85)52(94)73-36(20-41(61)80)56(98)72-34(18-28-23-64-30-9-6-5-8-29(28)30)53(95)66-25(2)50(92)71-38(22-46(88)89)57(99)74-35(19-40(60)79)55(97)70-33(13-16-45(86)87)59(101)76-17-7-10-39(76)48(63)90/h5-6,8-9,23-26,31-39,47,64,77H,7,10-22H2,1-4H3,(H2,60,79)(H2,61,80)(H2,62,81)(H2,63,90)(H,65,93)(H,66,95)(H,67,78)(H,68,91)(H,69,96)(H,70,97)(H,71,92)(H,72,98)(H,73,94)(H,74,99)(H,75,100)(H,82,83)(H,84,85)(H,86,87)(H,88,89)/t24-,25-,26+,31-,32-,33-,34-,35-,36-,37-,38-,39-,47-/m0/s1. The number of nitrogens with zero attached hydrogens (tertiary/aromatic N) is 1. The minimum atomic E-state index is -2.14. The zero-order valence-corrected chi connectivity index (χ0v) is 54.9. The van der Waals surface area contributed by atoms with Crippen molar-refractivity contribution in [1.29, 1.82) is 0 Å². The molecule has 0 bridgehead atoms. The maximum atomic E-state index is 14.4. The van der Waals surface area contributed by atoms with Crippen LogP contribution in [0.1, 0.15) is 110 Å². The molecule has 2 aromatic rings. The largest absolute Gasteiger partial charge is 0.481 e. The van der Waals surface area contributed by atoms with Crippen molar-refractivity contribution in [3.63, 3.8) is 0 Å². The predicted molar refractivity (Wildman–Crippen MR) is 340 cm³/mol. The Labute approximate surface area is 572 Å². The van der Waals surface area contributed by atoms with Crippen molar-refractivity contribution in [1.82, 2.24) is 68.4 Å². The Hall–Kier alpha value is -11.9. The molecule has 1 aliphatic rings. The molecule has 0 aliphatic carbocycles. The number of aliphatic hydroxyl groups excluding tert-OH is 1. The van der Waals surface area contributed by atoms with Gasteiger partial charge in [0, 0.05) is 56.3 Å². The number of aromatic nitrogens is 1. The summed E-state index contributed by atoms with van der Waals surface area (Å²) in [7, 11) is 0. The van der Waals surface area contributed by atoms with E-state index in [1.165, 1.54) is 6.20 Å². The van der Waals surface area contributed by atoms with E-state index in [2.05, 4.69) is 63.5 Å². The molecular weight excluding hydrogens is 1350 g/mol. The summed E-state index contributed by atoms with van der Waals surface area (Å²) < 4.78 is 0. The normalized spacial score (nSPS) is 16.0. The van der Waals surface area contributed by atoms with Crippen LogP contribution >= 0.6 is 0 Å². The lowest BCUT2D eigenvalue weighted by Crippen LogP contribution is -2.61. The number of carboxylic acids is 4. The van der Waals surface area contributed by atoms with E-state index in [4.69, 9.17) is 22.9 Å². The van der Waals surface area contributed by atoms with Crippen molar-refractivity contribution in [2.45, 2.75) is 190 Å². The highest BCUT2D eigenvalue weighted by atomic mass is 16.4. The van der Waals surface area contributed by atoms with Gasteiger partial charge >= 0.3 is 23.9 Å². The van der Waals surface area contributed by atoms with E-state index in [1.807, 2.05) is 0 Å². The van der Waals surface area contributed by atoms with Gasteiger partial charge in [-0.2, -0.15) is 0 Å². The van der Waals surface area contributed by atoms with Gasteiger partial charge in [-0.1, -0.05) is 18.2 Å². The lowest BCUT2D eigenvalue weighted by atomic mass is 10.0. The van der Waals surface area contributed by atoms with Crippen molar-refractivity contribution in [3.8, 4) is 0 Å². The number of para-hydroxylation sites is 1. The number of hydrogen-bond acceptors (Lipinski definition) is 21. The molecule has 101 heavy (non-hydrogen) atoms. The van der Waals surface area contributed by atoms with Crippen molar-refractivity contribution in [2.24, 2.45) is 22.9 Å². The maximum absolute atomic E-state index is 14.4.